The molecule has 2 aromatic rings. The van der Waals surface area contributed by atoms with Crippen LogP contribution in [0.1, 0.15) is 29.8 Å². The van der Waals surface area contributed by atoms with Crippen LogP contribution >= 0.6 is 0 Å². The molecule has 0 bridgehead atoms. The van der Waals surface area contributed by atoms with Gasteiger partial charge in [-0.3, -0.25) is 19.4 Å². The van der Waals surface area contributed by atoms with E-state index in [4.69, 9.17) is 4.74 Å². The minimum Gasteiger partial charge on any atom is -0.488 e. The highest BCUT2D eigenvalue weighted by Gasteiger charge is 2.33. The average molecular weight is 477 g/mol. The molecule has 1 aliphatic rings. The summed E-state index contributed by atoms with van der Waals surface area (Å²) in [7, 11) is -1.50. The Hall–Kier alpha value is -2.69. The lowest BCUT2D eigenvalue weighted by Gasteiger charge is -2.38. The second-order valence-corrected chi connectivity index (χ2v) is 10.5. The van der Waals surface area contributed by atoms with Gasteiger partial charge in [0.1, 0.15) is 11.9 Å². The Bertz CT molecular complexity index is 1060. The number of carbonyl (C=O) groups is 1. The fraction of sp³-hybridized carbons (Fsp3) is 0.478. The number of hydrogen-bond donors (Lipinski definition) is 2. The number of nitrogens with one attached hydrogen (secondary N) is 1. The minimum absolute atomic E-state index is 0.00943. The maximum absolute atomic E-state index is 13.4. The number of ether oxygens (including phenoxy) is 1. The highest BCUT2D eigenvalue weighted by Crippen LogP contribution is 2.31. The van der Waals surface area contributed by atoms with E-state index >= 15 is 0 Å². The zero-order valence-corrected chi connectivity index (χ0v) is 20.2. The van der Waals surface area contributed by atoms with E-state index in [1.165, 1.54) is 6.07 Å². The van der Waals surface area contributed by atoms with Crippen LogP contribution in [0.5, 0.6) is 5.75 Å². The second kappa shape index (κ2) is 10.5. The van der Waals surface area contributed by atoms with Crippen molar-refractivity contribution in [3.05, 3.63) is 53.9 Å². The molecular formula is C23H32N4O5S. The number of benzene rings is 1. The smallest absolute Gasteiger partial charge is 0.258 e. The molecule has 0 saturated carbocycles. The molecule has 2 heterocycles. The third-order valence-corrected chi connectivity index (χ3v) is 6.27. The zero-order valence-electron chi connectivity index (χ0n) is 19.4. The summed E-state index contributed by atoms with van der Waals surface area (Å²) in [5.41, 5.74) is 1.68. The first-order chi connectivity index (χ1) is 15.6. The number of fused-ring (bicyclic) bond motifs is 1. The predicted octanol–water partition coefficient (Wildman–Crippen LogP) is 1.81. The third kappa shape index (κ3) is 6.66. The Morgan fingerprint density at radius 2 is 2.00 bits per heavy atom. The lowest BCUT2D eigenvalue weighted by atomic mass is 9.99. The summed E-state index contributed by atoms with van der Waals surface area (Å²) in [6.07, 6.45) is 4.34. The fourth-order valence-corrected chi connectivity index (χ4v) is 4.44. The molecule has 1 aliphatic heterocycles. The Morgan fingerprint density at radius 3 is 2.64 bits per heavy atom. The van der Waals surface area contributed by atoms with Gasteiger partial charge in [0.15, 0.2) is 0 Å². The molecule has 0 saturated heterocycles. The molecule has 0 spiro atoms. The van der Waals surface area contributed by atoms with Crippen molar-refractivity contribution in [3.63, 3.8) is 0 Å². The van der Waals surface area contributed by atoms with Crippen molar-refractivity contribution in [2.75, 3.05) is 37.7 Å². The highest BCUT2D eigenvalue weighted by molar-refractivity contribution is 7.92. The maximum Gasteiger partial charge on any atom is 0.258 e. The number of likely N-dealkylation sites (N-methyl/N-ethyl adjacent to an activating group) is 1. The van der Waals surface area contributed by atoms with Gasteiger partial charge in [-0.2, -0.15) is 0 Å². The Labute approximate surface area is 195 Å². The molecular weight excluding hydrogens is 444 g/mol. The van der Waals surface area contributed by atoms with E-state index in [2.05, 4.69) is 14.6 Å². The summed E-state index contributed by atoms with van der Waals surface area (Å²) in [5, 5.41) is 9.75. The Morgan fingerprint density at radius 1 is 1.30 bits per heavy atom. The van der Waals surface area contributed by atoms with E-state index in [9.17, 15) is 18.3 Å². The Balaban J connectivity index is 1.91. The third-order valence-electron chi connectivity index (χ3n) is 5.66. The van der Waals surface area contributed by atoms with Gasteiger partial charge in [-0.15, -0.1) is 0 Å². The van der Waals surface area contributed by atoms with Crippen molar-refractivity contribution < 1.29 is 23.1 Å². The highest BCUT2D eigenvalue weighted by atomic mass is 32.2. The summed E-state index contributed by atoms with van der Waals surface area (Å²) < 4.78 is 32.1. The van der Waals surface area contributed by atoms with Gasteiger partial charge in [0.05, 0.1) is 24.5 Å². The van der Waals surface area contributed by atoms with Crippen LogP contribution in [0.3, 0.4) is 0 Å². The van der Waals surface area contributed by atoms with Crippen LogP contribution in [0.2, 0.25) is 0 Å². The second-order valence-electron chi connectivity index (χ2n) is 8.76. The molecule has 0 unspecified atom stereocenters. The lowest BCUT2D eigenvalue weighted by Crippen LogP contribution is -2.49. The number of pyridine rings is 1. The van der Waals surface area contributed by atoms with Crippen molar-refractivity contribution in [2.24, 2.45) is 5.92 Å². The summed E-state index contributed by atoms with van der Waals surface area (Å²) in [4.78, 5) is 21.2. The molecule has 0 aliphatic carbocycles. The number of rotatable bonds is 8. The monoisotopic (exact) mass is 476 g/mol. The van der Waals surface area contributed by atoms with Gasteiger partial charge in [0.2, 0.25) is 10.0 Å². The van der Waals surface area contributed by atoms with Crippen molar-refractivity contribution >= 4 is 21.6 Å². The van der Waals surface area contributed by atoms with Gasteiger partial charge in [-0.25, -0.2) is 8.42 Å². The summed E-state index contributed by atoms with van der Waals surface area (Å²) in [6.45, 7) is 5.37. The van der Waals surface area contributed by atoms with Gasteiger partial charge in [-0.05, 0) is 49.9 Å². The number of nitrogens with zero attached hydrogens (tertiary/aromatic N) is 3. The van der Waals surface area contributed by atoms with Gasteiger partial charge in [0, 0.05) is 43.6 Å². The largest absolute Gasteiger partial charge is 0.488 e. The van der Waals surface area contributed by atoms with Crippen molar-refractivity contribution in [1.82, 2.24) is 14.8 Å². The van der Waals surface area contributed by atoms with Crippen molar-refractivity contribution in [3.8, 4) is 5.75 Å². The van der Waals surface area contributed by atoms with Gasteiger partial charge in [0.25, 0.3) is 5.91 Å². The van der Waals surface area contributed by atoms with Crippen molar-refractivity contribution in [1.29, 1.82) is 0 Å². The van der Waals surface area contributed by atoms with Gasteiger partial charge in [-0.1, -0.05) is 6.92 Å². The number of aliphatic hydroxyl groups excluding tert-OH is 1. The maximum atomic E-state index is 13.4. The van der Waals surface area contributed by atoms with Gasteiger partial charge < -0.3 is 14.7 Å². The number of amides is 1. The number of hydrogen-bond acceptors (Lipinski definition) is 7. The number of anilines is 1. The average Bonchev–Trinajstić information content (AvgIpc) is 2.75. The molecule has 180 valence electrons. The van der Waals surface area contributed by atoms with E-state index in [0.29, 0.717) is 18.8 Å². The standard InChI is InChI=1S/C23H32N4O5S/c1-16-12-27(17(2)15-28)23(29)20-11-19(25-33(4,30)31)5-6-21(20)32-22(16)14-26(3)13-18-7-9-24-10-8-18/h5-11,16-17,22,25,28H,12-15H2,1-4H3/t16-,17+,22-/m1/s1. The molecule has 10 heteroatoms. The Kier molecular flexibility index (Phi) is 7.93. The topological polar surface area (TPSA) is 112 Å². The van der Waals surface area contributed by atoms with Crippen LogP contribution in [0.15, 0.2) is 42.7 Å². The quantitative estimate of drug-likeness (QED) is 0.598. The first-order valence-electron chi connectivity index (χ1n) is 10.8. The van der Waals surface area contributed by atoms with E-state index < -0.39 is 16.1 Å². The molecule has 2 N–H and O–H groups in total. The summed E-state index contributed by atoms with van der Waals surface area (Å²) in [5.74, 6) is 0.0759. The molecule has 3 rings (SSSR count). The number of aliphatic hydroxyl groups is 1. The molecule has 9 nitrogen and oxygen atoms in total. The summed E-state index contributed by atoms with van der Waals surface area (Å²) in [6, 6.07) is 8.23. The first-order valence-corrected chi connectivity index (χ1v) is 12.7. The minimum atomic E-state index is -3.50. The predicted molar refractivity (Wildman–Crippen MR) is 127 cm³/mol. The van der Waals surface area contributed by atoms with E-state index in [-0.39, 0.29) is 35.8 Å². The molecule has 1 aromatic heterocycles. The number of carbonyl (C=O) groups excluding carboxylic acids is 1. The fourth-order valence-electron chi connectivity index (χ4n) is 3.89. The van der Waals surface area contributed by atoms with Crippen LogP contribution in [-0.4, -0.2) is 79.4 Å². The zero-order chi connectivity index (χ0) is 24.2. The lowest BCUT2D eigenvalue weighted by molar-refractivity contribution is 0.0341. The van der Waals surface area contributed by atoms with Crippen LogP contribution in [-0.2, 0) is 16.6 Å². The van der Waals surface area contributed by atoms with Crippen LogP contribution in [0.4, 0.5) is 5.69 Å². The molecule has 1 amide bonds. The number of aromatic nitrogens is 1. The van der Waals surface area contributed by atoms with Crippen LogP contribution in [0.25, 0.3) is 0 Å². The normalized spacial score (nSPS) is 19.9. The van der Waals surface area contributed by atoms with Gasteiger partial charge >= 0.3 is 0 Å². The van der Waals surface area contributed by atoms with Crippen LogP contribution in [0, 0.1) is 5.92 Å². The van der Waals surface area contributed by atoms with E-state index in [1.54, 1.807) is 36.4 Å². The van der Waals surface area contributed by atoms with E-state index in [0.717, 1.165) is 18.4 Å². The van der Waals surface area contributed by atoms with Crippen molar-refractivity contribution in [2.45, 2.75) is 32.5 Å². The molecule has 0 fully saturated rings. The number of sulfonamides is 1. The first kappa shape index (κ1) is 24.9. The van der Waals surface area contributed by atoms with E-state index in [1.807, 2.05) is 26.1 Å². The summed E-state index contributed by atoms with van der Waals surface area (Å²) >= 11 is 0. The SMILES string of the molecule is C[C@@H]1CN([C@@H](C)CO)C(=O)c2cc(NS(C)(=O)=O)ccc2O[C@@H]1CN(C)Cc1ccncc1. The molecule has 33 heavy (non-hydrogen) atoms. The molecule has 0 radical (unpaired) electrons. The molecule has 3 atom stereocenters. The molecule has 1 aromatic carbocycles. The van der Waals surface area contributed by atoms with Crippen LogP contribution < -0.4 is 9.46 Å².